The van der Waals surface area contributed by atoms with Gasteiger partial charge in [-0.05, 0) is 12.1 Å². The highest BCUT2D eigenvalue weighted by atomic mass is 35.5. The molecule has 0 heterocycles. The van der Waals surface area contributed by atoms with Crippen LogP contribution in [-0.4, -0.2) is 0 Å². The number of benzene rings is 1. The molecule has 1 nitrogen and oxygen atoms in total. The van der Waals surface area contributed by atoms with Gasteiger partial charge in [0.2, 0.25) is 0 Å². The van der Waals surface area contributed by atoms with Gasteiger partial charge in [-0.25, -0.2) is 8.78 Å². The molecule has 0 saturated heterocycles. The first-order valence-electron chi connectivity index (χ1n) is 3.05. The smallest absolute Gasteiger partial charge is 0.266 e. The van der Waals surface area contributed by atoms with Crippen LogP contribution in [-0.2, 0) is 0 Å². The number of alkyl halides is 2. The first-order chi connectivity index (χ1) is 5.52. The first kappa shape index (κ1) is 9.55. The Bertz CT molecular complexity index is 278. The van der Waals surface area contributed by atoms with Crippen molar-refractivity contribution in [3.05, 3.63) is 27.7 Å². The molecule has 0 spiro atoms. The second-order valence-corrected chi connectivity index (χ2v) is 3.01. The van der Waals surface area contributed by atoms with Crippen LogP contribution in [0.3, 0.4) is 0 Å². The fourth-order valence-electron chi connectivity index (χ4n) is 0.812. The van der Waals surface area contributed by atoms with E-state index in [1.54, 1.807) is 0 Å². The minimum absolute atomic E-state index is 0.102. The zero-order valence-electron chi connectivity index (χ0n) is 5.82. The van der Waals surface area contributed by atoms with Crippen molar-refractivity contribution in [3.8, 4) is 0 Å². The zero-order valence-corrected chi connectivity index (χ0v) is 7.33. The number of rotatable bonds is 1. The van der Waals surface area contributed by atoms with Gasteiger partial charge in [0, 0.05) is 5.69 Å². The summed E-state index contributed by atoms with van der Waals surface area (Å²) in [4.78, 5) is 0. The van der Waals surface area contributed by atoms with Crippen LogP contribution in [0, 0.1) is 0 Å². The van der Waals surface area contributed by atoms with Gasteiger partial charge in [0.25, 0.3) is 6.43 Å². The fourth-order valence-corrected chi connectivity index (χ4v) is 1.48. The molecule has 0 atom stereocenters. The molecule has 66 valence electrons. The summed E-state index contributed by atoms with van der Waals surface area (Å²) in [5.74, 6) is 0. The SMILES string of the molecule is Nc1cc(Cl)c(C(F)F)c(Cl)c1. The number of anilines is 1. The van der Waals surface area contributed by atoms with Crippen LogP contribution in [0.1, 0.15) is 12.0 Å². The summed E-state index contributed by atoms with van der Waals surface area (Å²) < 4.78 is 24.4. The number of hydrogen-bond donors (Lipinski definition) is 1. The third kappa shape index (κ3) is 1.79. The van der Waals surface area contributed by atoms with Crippen LogP contribution < -0.4 is 5.73 Å². The number of halogens is 4. The van der Waals surface area contributed by atoms with Crippen LogP contribution in [0.25, 0.3) is 0 Å². The van der Waals surface area contributed by atoms with Crippen molar-refractivity contribution in [2.24, 2.45) is 0 Å². The lowest BCUT2D eigenvalue weighted by molar-refractivity contribution is 0.151. The summed E-state index contributed by atoms with van der Waals surface area (Å²) in [7, 11) is 0. The maximum atomic E-state index is 12.2. The Morgan fingerprint density at radius 1 is 1.17 bits per heavy atom. The lowest BCUT2D eigenvalue weighted by Gasteiger charge is -2.06. The van der Waals surface area contributed by atoms with Gasteiger partial charge in [-0.2, -0.15) is 0 Å². The Morgan fingerprint density at radius 2 is 1.58 bits per heavy atom. The number of hydrogen-bond acceptors (Lipinski definition) is 1. The molecule has 0 fully saturated rings. The molecular weight excluding hydrogens is 207 g/mol. The normalized spacial score (nSPS) is 10.8. The van der Waals surface area contributed by atoms with Gasteiger partial charge in [-0.1, -0.05) is 23.2 Å². The fraction of sp³-hybridized carbons (Fsp3) is 0.143. The van der Waals surface area contributed by atoms with Gasteiger partial charge in [-0.3, -0.25) is 0 Å². The molecule has 5 heteroatoms. The summed E-state index contributed by atoms with van der Waals surface area (Å²) in [6, 6.07) is 2.49. The monoisotopic (exact) mass is 211 g/mol. The van der Waals surface area contributed by atoms with Gasteiger partial charge in [0.15, 0.2) is 0 Å². The molecule has 12 heavy (non-hydrogen) atoms. The quantitative estimate of drug-likeness (QED) is 0.708. The van der Waals surface area contributed by atoms with Crippen molar-refractivity contribution >= 4 is 28.9 Å². The van der Waals surface area contributed by atoms with E-state index in [1.165, 1.54) is 12.1 Å². The molecule has 0 unspecified atom stereocenters. The molecule has 1 aromatic carbocycles. The maximum Gasteiger partial charge on any atom is 0.266 e. The summed E-state index contributed by atoms with van der Waals surface area (Å²) in [5.41, 5.74) is 5.22. The van der Waals surface area contributed by atoms with Gasteiger partial charge in [-0.15, -0.1) is 0 Å². The molecule has 0 saturated carbocycles. The summed E-state index contributed by atoms with van der Waals surface area (Å²) >= 11 is 11.0. The molecule has 0 radical (unpaired) electrons. The van der Waals surface area contributed by atoms with Gasteiger partial charge in [0.1, 0.15) is 0 Å². The van der Waals surface area contributed by atoms with Gasteiger partial charge in [0.05, 0.1) is 15.6 Å². The first-order valence-corrected chi connectivity index (χ1v) is 3.80. The Kier molecular flexibility index (Phi) is 2.75. The van der Waals surface area contributed by atoms with Crippen molar-refractivity contribution in [1.29, 1.82) is 0 Å². The van der Waals surface area contributed by atoms with E-state index in [0.717, 1.165) is 0 Å². The molecule has 2 N–H and O–H groups in total. The molecule has 0 aliphatic carbocycles. The molecular formula is C7H5Cl2F2N. The van der Waals surface area contributed by atoms with E-state index in [-0.39, 0.29) is 21.3 Å². The van der Waals surface area contributed by atoms with Crippen LogP contribution >= 0.6 is 23.2 Å². The van der Waals surface area contributed by atoms with E-state index in [9.17, 15) is 8.78 Å². The van der Waals surface area contributed by atoms with Crippen LogP contribution in [0.4, 0.5) is 14.5 Å². The average Bonchev–Trinajstić information content (AvgIpc) is 1.82. The standard InChI is InChI=1S/C7H5Cl2F2N/c8-4-1-3(12)2-5(9)6(4)7(10)11/h1-2,7H,12H2. The van der Waals surface area contributed by atoms with Crippen molar-refractivity contribution in [1.82, 2.24) is 0 Å². The van der Waals surface area contributed by atoms with Gasteiger partial charge < -0.3 is 5.73 Å². The third-order valence-corrected chi connectivity index (χ3v) is 1.95. The molecule has 0 aliphatic heterocycles. The Morgan fingerprint density at radius 3 is 1.92 bits per heavy atom. The maximum absolute atomic E-state index is 12.2. The van der Waals surface area contributed by atoms with Crippen molar-refractivity contribution in [2.75, 3.05) is 5.73 Å². The summed E-state index contributed by atoms with van der Waals surface area (Å²) in [6.07, 6.45) is -2.68. The lowest BCUT2D eigenvalue weighted by Crippen LogP contribution is -1.91. The van der Waals surface area contributed by atoms with Crippen molar-refractivity contribution in [3.63, 3.8) is 0 Å². The van der Waals surface area contributed by atoms with E-state index in [4.69, 9.17) is 28.9 Å². The molecule has 1 aromatic rings. The second kappa shape index (κ2) is 3.46. The average molecular weight is 212 g/mol. The topological polar surface area (TPSA) is 26.0 Å². The Balaban J connectivity index is 3.28. The second-order valence-electron chi connectivity index (χ2n) is 2.20. The van der Waals surface area contributed by atoms with Gasteiger partial charge >= 0.3 is 0 Å². The third-order valence-electron chi connectivity index (χ3n) is 1.32. The highest BCUT2D eigenvalue weighted by Crippen LogP contribution is 2.34. The largest absolute Gasteiger partial charge is 0.399 e. The highest BCUT2D eigenvalue weighted by Gasteiger charge is 2.16. The number of nitrogen functional groups attached to an aromatic ring is 1. The highest BCUT2D eigenvalue weighted by molar-refractivity contribution is 6.36. The van der Waals surface area contributed by atoms with E-state index in [1.807, 2.05) is 0 Å². The van der Waals surface area contributed by atoms with Crippen LogP contribution in [0.5, 0.6) is 0 Å². The zero-order chi connectivity index (χ0) is 9.30. The van der Waals surface area contributed by atoms with Crippen LogP contribution in [0.15, 0.2) is 12.1 Å². The predicted octanol–water partition coefficient (Wildman–Crippen LogP) is 3.51. The summed E-state index contributed by atoms with van der Waals surface area (Å²) in [5, 5.41) is -0.204. The molecule has 0 aliphatic rings. The lowest BCUT2D eigenvalue weighted by atomic mass is 10.2. The molecule has 0 aromatic heterocycles. The van der Waals surface area contributed by atoms with Crippen LogP contribution in [0.2, 0.25) is 10.0 Å². The Hall–Kier alpha value is -0.540. The van der Waals surface area contributed by atoms with E-state index in [0.29, 0.717) is 0 Å². The van der Waals surface area contributed by atoms with Crippen molar-refractivity contribution in [2.45, 2.75) is 6.43 Å². The van der Waals surface area contributed by atoms with E-state index < -0.39 is 6.43 Å². The van der Waals surface area contributed by atoms with E-state index >= 15 is 0 Å². The minimum atomic E-state index is -2.68. The minimum Gasteiger partial charge on any atom is -0.399 e. The number of nitrogens with two attached hydrogens (primary N) is 1. The van der Waals surface area contributed by atoms with Crippen molar-refractivity contribution < 1.29 is 8.78 Å². The molecule has 0 amide bonds. The predicted molar refractivity (Wildman–Crippen MR) is 45.8 cm³/mol. The van der Waals surface area contributed by atoms with E-state index in [2.05, 4.69) is 0 Å². The molecule has 1 rings (SSSR count). The molecule has 0 bridgehead atoms. The Labute approximate surface area is 78.1 Å². The summed E-state index contributed by atoms with van der Waals surface area (Å²) in [6.45, 7) is 0.